The van der Waals surface area contributed by atoms with Gasteiger partial charge < -0.3 is 9.63 Å². The summed E-state index contributed by atoms with van der Waals surface area (Å²) in [5.74, 6) is 0.981. The van der Waals surface area contributed by atoms with Crippen molar-refractivity contribution in [2.75, 3.05) is 0 Å². The maximum absolute atomic E-state index is 9.77. The molecule has 18 heavy (non-hydrogen) atoms. The Bertz CT molecular complexity index is 508. The van der Waals surface area contributed by atoms with E-state index >= 15 is 0 Å². The Morgan fingerprint density at radius 2 is 2.06 bits per heavy atom. The Morgan fingerprint density at radius 3 is 2.56 bits per heavy atom. The number of aryl methyl sites for hydroxylation is 1. The van der Waals surface area contributed by atoms with Crippen LogP contribution in [0.5, 0.6) is 0 Å². The average Bonchev–Trinajstić information content (AvgIpc) is 2.85. The molecule has 0 amide bonds. The predicted octanol–water partition coefficient (Wildman–Crippen LogP) is 1.59. The monoisotopic (exact) mass is 250 g/mol. The summed E-state index contributed by atoms with van der Waals surface area (Å²) in [4.78, 5) is 4.32. The van der Waals surface area contributed by atoms with Crippen molar-refractivity contribution in [3.63, 3.8) is 0 Å². The summed E-state index contributed by atoms with van der Waals surface area (Å²) in [6, 6.07) is 1.82. The molecule has 2 rings (SSSR count). The van der Waals surface area contributed by atoms with Crippen LogP contribution in [0, 0.1) is 5.92 Å². The fourth-order valence-corrected chi connectivity index (χ4v) is 2.06. The van der Waals surface area contributed by atoms with Crippen LogP contribution in [-0.2, 0) is 7.05 Å². The lowest BCUT2D eigenvalue weighted by molar-refractivity contribution is 0.120. The number of rotatable bonds is 4. The molecule has 0 radical (unpaired) electrons. The number of nitrogens with zero attached hydrogens (tertiary/aromatic N) is 4. The summed E-state index contributed by atoms with van der Waals surface area (Å²) in [6.07, 6.45) is 1.29. The zero-order valence-electron chi connectivity index (χ0n) is 11.0. The highest BCUT2D eigenvalue weighted by molar-refractivity contribution is 5.46. The van der Waals surface area contributed by atoms with Crippen molar-refractivity contribution < 1.29 is 9.63 Å². The van der Waals surface area contributed by atoms with Gasteiger partial charge in [-0.3, -0.25) is 4.68 Å². The van der Waals surface area contributed by atoms with Gasteiger partial charge in [0.2, 0.25) is 11.7 Å². The molecule has 0 spiro atoms. The molecule has 2 heterocycles. The molecule has 0 bridgehead atoms. The van der Waals surface area contributed by atoms with Gasteiger partial charge >= 0.3 is 0 Å². The first kappa shape index (κ1) is 12.8. The molecule has 0 aromatic carbocycles. The second kappa shape index (κ2) is 4.89. The molecule has 2 unspecified atom stereocenters. The van der Waals surface area contributed by atoms with Gasteiger partial charge in [0.05, 0.1) is 12.0 Å². The van der Waals surface area contributed by atoms with E-state index in [9.17, 15) is 5.11 Å². The molecule has 0 aliphatic carbocycles. The quantitative estimate of drug-likeness (QED) is 0.891. The highest BCUT2D eigenvalue weighted by Gasteiger charge is 2.27. The van der Waals surface area contributed by atoms with Gasteiger partial charge in [-0.15, -0.1) is 0 Å². The Labute approximate surface area is 106 Å². The summed E-state index contributed by atoms with van der Waals surface area (Å²) in [7, 11) is 1.83. The standard InChI is InChI=1S/C12H18N4O2/c1-7(2)10(8(3)17)12-13-11(15-18-12)9-5-6-16(4)14-9/h5-8,10,17H,1-4H3. The van der Waals surface area contributed by atoms with E-state index in [1.165, 1.54) is 0 Å². The highest BCUT2D eigenvalue weighted by Crippen LogP contribution is 2.27. The first-order valence-corrected chi connectivity index (χ1v) is 6.00. The lowest BCUT2D eigenvalue weighted by Gasteiger charge is -2.19. The van der Waals surface area contributed by atoms with Crippen molar-refractivity contribution in [2.24, 2.45) is 13.0 Å². The van der Waals surface area contributed by atoms with E-state index in [1.54, 1.807) is 11.6 Å². The van der Waals surface area contributed by atoms with Crippen LogP contribution >= 0.6 is 0 Å². The summed E-state index contributed by atoms with van der Waals surface area (Å²) < 4.78 is 6.92. The van der Waals surface area contributed by atoms with Gasteiger partial charge in [0.1, 0.15) is 5.69 Å². The average molecular weight is 250 g/mol. The maximum atomic E-state index is 9.77. The normalized spacial score (nSPS) is 15.0. The van der Waals surface area contributed by atoms with Crippen molar-refractivity contribution >= 4 is 0 Å². The molecule has 2 atom stereocenters. The molecule has 98 valence electrons. The molecule has 6 nitrogen and oxygen atoms in total. The third-order valence-corrected chi connectivity index (χ3v) is 2.91. The molecular weight excluding hydrogens is 232 g/mol. The van der Waals surface area contributed by atoms with Crippen LogP contribution in [0.3, 0.4) is 0 Å². The first-order chi connectivity index (χ1) is 8.49. The van der Waals surface area contributed by atoms with Crippen LogP contribution in [-0.4, -0.2) is 31.1 Å². The van der Waals surface area contributed by atoms with E-state index in [0.29, 0.717) is 17.4 Å². The van der Waals surface area contributed by atoms with Gasteiger partial charge in [0, 0.05) is 13.2 Å². The molecule has 2 aromatic rings. The van der Waals surface area contributed by atoms with Crippen LogP contribution < -0.4 is 0 Å². The Kier molecular flexibility index (Phi) is 3.47. The molecular formula is C12H18N4O2. The van der Waals surface area contributed by atoms with Gasteiger partial charge in [-0.25, -0.2) is 0 Å². The third-order valence-electron chi connectivity index (χ3n) is 2.91. The van der Waals surface area contributed by atoms with Crippen molar-refractivity contribution in [2.45, 2.75) is 32.8 Å². The molecule has 0 fully saturated rings. The van der Waals surface area contributed by atoms with Crippen LogP contribution in [0.25, 0.3) is 11.5 Å². The van der Waals surface area contributed by atoms with E-state index in [-0.39, 0.29) is 11.8 Å². The highest BCUT2D eigenvalue weighted by atomic mass is 16.5. The van der Waals surface area contributed by atoms with Crippen molar-refractivity contribution in [1.29, 1.82) is 0 Å². The smallest absolute Gasteiger partial charge is 0.232 e. The van der Waals surface area contributed by atoms with Crippen LogP contribution in [0.1, 0.15) is 32.6 Å². The zero-order chi connectivity index (χ0) is 13.3. The Hall–Kier alpha value is -1.69. The minimum absolute atomic E-state index is 0.157. The number of aliphatic hydroxyl groups is 1. The minimum Gasteiger partial charge on any atom is -0.393 e. The van der Waals surface area contributed by atoms with Gasteiger partial charge in [-0.2, -0.15) is 10.1 Å². The van der Waals surface area contributed by atoms with Gasteiger partial charge in [0.25, 0.3) is 0 Å². The second-order valence-corrected chi connectivity index (χ2v) is 4.84. The van der Waals surface area contributed by atoms with Crippen molar-refractivity contribution in [3.05, 3.63) is 18.2 Å². The van der Waals surface area contributed by atoms with E-state index in [2.05, 4.69) is 15.2 Å². The minimum atomic E-state index is -0.526. The molecule has 0 aliphatic rings. The van der Waals surface area contributed by atoms with E-state index in [4.69, 9.17) is 4.52 Å². The number of aliphatic hydroxyl groups excluding tert-OH is 1. The molecule has 0 saturated heterocycles. The van der Waals surface area contributed by atoms with E-state index in [1.807, 2.05) is 33.2 Å². The van der Waals surface area contributed by atoms with E-state index < -0.39 is 6.10 Å². The van der Waals surface area contributed by atoms with Crippen molar-refractivity contribution in [3.8, 4) is 11.5 Å². The molecule has 1 N–H and O–H groups in total. The summed E-state index contributed by atoms with van der Waals surface area (Å²) in [5.41, 5.74) is 0.667. The molecule has 2 aromatic heterocycles. The molecule has 0 aliphatic heterocycles. The number of hydrogen-bond acceptors (Lipinski definition) is 5. The second-order valence-electron chi connectivity index (χ2n) is 4.84. The Morgan fingerprint density at radius 1 is 1.33 bits per heavy atom. The zero-order valence-corrected chi connectivity index (χ0v) is 11.0. The largest absolute Gasteiger partial charge is 0.393 e. The lowest BCUT2D eigenvalue weighted by Crippen LogP contribution is -2.20. The fraction of sp³-hybridized carbons (Fsp3) is 0.583. The first-order valence-electron chi connectivity index (χ1n) is 6.00. The van der Waals surface area contributed by atoms with Crippen molar-refractivity contribution in [1.82, 2.24) is 19.9 Å². The summed E-state index contributed by atoms with van der Waals surface area (Å²) in [6.45, 7) is 5.76. The van der Waals surface area contributed by atoms with Gasteiger partial charge in [0.15, 0.2) is 0 Å². The third kappa shape index (κ3) is 2.43. The Balaban J connectivity index is 2.29. The maximum Gasteiger partial charge on any atom is 0.232 e. The number of hydrogen-bond donors (Lipinski definition) is 1. The summed E-state index contributed by atoms with van der Waals surface area (Å²) in [5, 5.41) is 17.9. The van der Waals surface area contributed by atoms with E-state index in [0.717, 1.165) is 0 Å². The number of aromatic nitrogens is 4. The van der Waals surface area contributed by atoms with Crippen LogP contribution in [0.15, 0.2) is 16.8 Å². The summed E-state index contributed by atoms with van der Waals surface area (Å²) >= 11 is 0. The predicted molar refractivity (Wildman–Crippen MR) is 65.8 cm³/mol. The SMILES string of the molecule is CC(C)C(c1nc(-c2ccn(C)n2)no1)C(C)O. The van der Waals surface area contributed by atoms with Crippen LogP contribution in [0.2, 0.25) is 0 Å². The molecule has 6 heteroatoms. The fourth-order valence-electron chi connectivity index (χ4n) is 2.06. The van der Waals surface area contributed by atoms with Gasteiger partial charge in [-0.1, -0.05) is 19.0 Å². The topological polar surface area (TPSA) is 77.0 Å². The molecule has 0 saturated carbocycles. The van der Waals surface area contributed by atoms with Gasteiger partial charge in [-0.05, 0) is 18.9 Å². The van der Waals surface area contributed by atoms with Crippen LogP contribution in [0.4, 0.5) is 0 Å². The lowest BCUT2D eigenvalue weighted by atomic mass is 9.91.